The number of hydrogen-bond acceptors (Lipinski definition) is 6. The monoisotopic (exact) mass is 348 g/mol. The second-order valence-electron chi connectivity index (χ2n) is 8.37. The highest BCUT2D eigenvalue weighted by Crippen LogP contribution is 2.43. The quantitative estimate of drug-likeness (QED) is 0.786. The fraction of sp³-hybridized carbons (Fsp3) is 1.00. The number of methoxy groups -OCH3 is 1. The Hall–Kier alpha value is -0.0231. The van der Waals surface area contributed by atoms with Gasteiger partial charge in [-0.1, -0.05) is 20.8 Å². The minimum Gasteiger partial charge on any atom is -0.406 e. The van der Waals surface area contributed by atoms with Crippen LogP contribution < -0.4 is 0 Å². The maximum atomic E-state index is 9.62. The lowest BCUT2D eigenvalue weighted by Gasteiger charge is -2.46. The number of rotatable bonds is 4. The summed E-state index contributed by atoms with van der Waals surface area (Å²) >= 11 is 0. The highest BCUT2D eigenvalue weighted by molar-refractivity contribution is 6.74. The molecule has 136 valence electrons. The lowest BCUT2D eigenvalue weighted by molar-refractivity contribution is -0.270. The van der Waals surface area contributed by atoms with Crippen molar-refractivity contribution in [1.29, 1.82) is 0 Å². The van der Waals surface area contributed by atoms with Crippen molar-refractivity contribution in [2.24, 2.45) is 0 Å². The number of aliphatic hydroxyl groups is 1. The zero-order chi connectivity index (χ0) is 17.6. The van der Waals surface area contributed by atoms with Gasteiger partial charge in [0, 0.05) is 7.11 Å². The van der Waals surface area contributed by atoms with E-state index in [4.69, 9.17) is 23.4 Å². The van der Waals surface area contributed by atoms with Gasteiger partial charge in [-0.3, -0.25) is 0 Å². The minimum atomic E-state index is -2.05. The molecule has 0 aromatic carbocycles. The third kappa shape index (κ3) is 3.81. The van der Waals surface area contributed by atoms with Gasteiger partial charge in [0.05, 0.1) is 6.61 Å². The maximum absolute atomic E-state index is 9.62. The average Bonchev–Trinajstić information content (AvgIpc) is 2.73. The third-order valence-electron chi connectivity index (χ3n) is 5.08. The Morgan fingerprint density at radius 1 is 1.13 bits per heavy atom. The largest absolute Gasteiger partial charge is 0.406 e. The van der Waals surface area contributed by atoms with Crippen LogP contribution in [0.4, 0.5) is 0 Å². The first-order chi connectivity index (χ1) is 10.4. The molecule has 0 saturated carbocycles. The van der Waals surface area contributed by atoms with Crippen LogP contribution in [0.25, 0.3) is 0 Å². The van der Waals surface area contributed by atoms with Gasteiger partial charge in [-0.05, 0) is 32.0 Å². The summed E-state index contributed by atoms with van der Waals surface area (Å²) < 4.78 is 30.0. The van der Waals surface area contributed by atoms with Gasteiger partial charge in [0.1, 0.15) is 24.4 Å². The van der Waals surface area contributed by atoms with E-state index in [9.17, 15) is 5.11 Å². The molecule has 2 aliphatic heterocycles. The fourth-order valence-corrected chi connectivity index (χ4v) is 4.10. The van der Waals surface area contributed by atoms with Crippen molar-refractivity contribution in [3.05, 3.63) is 0 Å². The topological polar surface area (TPSA) is 66.4 Å². The smallest absolute Gasteiger partial charge is 0.192 e. The van der Waals surface area contributed by atoms with E-state index < -0.39 is 26.5 Å². The van der Waals surface area contributed by atoms with E-state index in [0.717, 1.165) is 0 Å². The second-order valence-corrected chi connectivity index (χ2v) is 13.1. The summed E-state index contributed by atoms with van der Waals surface area (Å²) in [4.78, 5) is 0. The van der Waals surface area contributed by atoms with Gasteiger partial charge in [0.2, 0.25) is 0 Å². The molecule has 5 unspecified atom stereocenters. The minimum absolute atomic E-state index is 0.0591. The van der Waals surface area contributed by atoms with Crippen molar-refractivity contribution in [1.82, 2.24) is 0 Å². The van der Waals surface area contributed by atoms with Crippen molar-refractivity contribution in [3.8, 4) is 0 Å². The highest BCUT2D eigenvalue weighted by atomic mass is 28.4. The van der Waals surface area contributed by atoms with Crippen molar-refractivity contribution < 1.29 is 28.5 Å². The van der Waals surface area contributed by atoms with Crippen LogP contribution in [0.5, 0.6) is 0 Å². The van der Waals surface area contributed by atoms with Gasteiger partial charge in [-0.25, -0.2) is 0 Å². The van der Waals surface area contributed by atoms with Crippen LogP contribution in [0, 0.1) is 0 Å². The molecule has 2 saturated heterocycles. The summed E-state index contributed by atoms with van der Waals surface area (Å²) in [5.74, 6) is -0.732. The molecular formula is C16H32O6Si. The van der Waals surface area contributed by atoms with Crippen LogP contribution in [-0.4, -0.2) is 63.6 Å². The molecule has 6 nitrogen and oxygen atoms in total. The Bertz CT molecular complexity index is 419. The lowest BCUT2D eigenvalue weighted by atomic mass is 9.99. The van der Waals surface area contributed by atoms with Crippen molar-refractivity contribution in [2.75, 3.05) is 13.7 Å². The first kappa shape index (κ1) is 19.3. The first-order valence-electron chi connectivity index (χ1n) is 8.24. The molecule has 0 aromatic rings. The molecule has 2 fully saturated rings. The van der Waals surface area contributed by atoms with Crippen molar-refractivity contribution in [3.63, 3.8) is 0 Å². The van der Waals surface area contributed by atoms with Crippen LogP contribution in [0.15, 0.2) is 0 Å². The number of ether oxygens (including phenoxy) is 4. The summed E-state index contributed by atoms with van der Waals surface area (Å²) in [5, 5.41) is 9.68. The van der Waals surface area contributed by atoms with Gasteiger partial charge in [0.25, 0.3) is 0 Å². The molecule has 0 spiro atoms. The number of aliphatic hydroxyl groups excluding tert-OH is 1. The highest BCUT2D eigenvalue weighted by Gasteiger charge is 2.57. The number of hydrogen-bond donors (Lipinski definition) is 1. The predicted octanol–water partition coefficient (Wildman–Crippen LogP) is 2.26. The fourth-order valence-electron chi connectivity index (χ4n) is 2.82. The zero-order valence-electron chi connectivity index (χ0n) is 15.6. The predicted molar refractivity (Wildman–Crippen MR) is 88.7 cm³/mol. The van der Waals surface area contributed by atoms with Crippen LogP contribution in [-0.2, 0) is 23.4 Å². The summed E-state index contributed by atoms with van der Waals surface area (Å²) in [6.07, 6.45) is -2.13. The van der Waals surface area contributed by atoms with E-state index >= 15 is 0 Å². The van der Waals surface area contributed by atoms with E-state index in [1.54, 1.807) is 7.11 Å². The van der Waals surface area contributed by atoms with Gasteiger partial charge in [0.15, 0.2) is 20.4 Å². The van der Waals surface area contributed by atoms with E-state index in [1.165, 1.54) is 0 Å². The van der Waals surface area contributed by atoms with E-state index in [0.29, 0.717) is 0 Å². The molecule has 2 rings (SSSR count). The summed E-state index contributed by atoms with van der Waals surface area (Å²) in [7, 11) is -0.461. The Kier molecular flexibility index (Phi) is 5.34. The van der Waals surface area contributed by atoms with Crippen LogP contribution in [0.2, 0.25) is 18.1 Å². The lowest BCUT2D eigenvalue weighted by Crippen LogP contribution is -2.61. The molecule has 5 atom stereocenters. The van der Waals surface area contributed by atoms with Gasteiger partial charge >= 0.3 is 0 Å². The molecule has 0 bridgehead atoms. The maximum Gasteiger partial charge on any atom is 0.192 e. The standard InChI is InChI=1S/C16H32O6Si/c1-15(2,3)23(7,8)22-13-12-11(20-16(4,5)21-12)10(9-17)19-14(13)18-6/h10-14,17H,9H2,1-8H3. The Labute approximate surface area is 140 Å². The molecule has 7 heteroatoms. The first-order valence-corrected chi connectivity index (χ1v) is 11.2. The Balaban J connectivity index is 2.28. The molecular weight excluding hydrogens is 316 g/mol. The van der Waals surface area contributed by atoms with E-state index in [2.05, 4.69) is 33.9 Å². The van der Waals surface area contributed by atoms with Crippen LogP contribution in [0.1, 0.15) is 34.6 Å². The Morgan fingerprint density at radius 2 is 1.70 bits per heavy atom. The van der Waals surface area contributed by atoms with Crippen molar-refractivity contribution in [2.45, 2.75) is 89.2 Å². The molecule has 2 aliphatic rings. The molecule has 0 radical (unpaired) electrons. The summed E-state index contributed by atoms with van der Waals surface area (Å²) in [5.41, 5.74) is 0. The molecule has 0 aliphatic carbocycles. The average molecular weight is 349 g/mol. The summed E-state index contributed by atoms with van der Waals surface area (Å²) in [6, 6.07) is 0. The van der Waals surface area contributed by atoms with E-state index in [-0.39, 0.29) is 30.0 Å². The second kappa shape index (κ2) is 6.37. The van der Waals surface area contributed by atoms with Gasteiger partial charge < -0.3 is 28.5 Å². The Morgan fingerprint density at radius 3 is 2.17 bits per heavy atom. The SMILES string of the molecule is COC1OC(CO)C2OC(C)(C)OC2C1O[Si](C)(C)C(C)(C)C. The molecule has 0 amide bonds. The number of fused-ring (bicyclic) bond motifs is 1. The van der Waals surface area contributed by atoms with Gasteiger partial charge in [-0.2, -0.15) is 0 Å². The van der Waals surface area contributed by atoms with Crippen LogP contribution in [0.3, 0.4) is 0 Å². The molecule has 2 heterocycles. The molecule has 23 heavy (non-hydrogen) atoms. The van der Waals surface area contributed by atoms with E-state index in [1.807, 2.05) is 13.8 Å². The molecule has 0 aromatic heterocycles. The van der Waals surface area contributed by atoms with Gasteiger partial charge in [-0.15, -0.1) is 0 Å². The van der Waals surface area contributed by atoms with Crippen LogP contribution >= 0.6 is 0 Å². The molecule has 1 N–H and O–H groups in total. The third-order valence-corrected chi connectivity index (χ3v) is 9.55. The normalized spacial score (nSPS) is 37.7. The summed E-state index contributed by atoms with van der Waals surface area (Å²) in [6.45, 7) is 14.5. The zero-order valence-corrected chi connectivity index (χ0v) is 16.6. The van der Waals surface area contributed by atoms with Crippen molar-refractivity contribution >= 4 is 8.32 Å².